The summed E-state index contributed by atoms with van der Waals surface area (Å²) in [4.78, 5) is 20.1. The number of aliphatic imine (C=N–C) groups is 1. The van der Waals surface area contributed by atoms with Crippen LogP contribution in [0, 0.1) is 13.8 Å². The van der Waals surface area contributed by atoms with Crippen LogP contribution in [-0.4, -0.2) is 56.6 Å². The van der Waals surface area contributed by atoms with E-state index in [1.807, 2.05) is 31.3 Å². The molecular formula is C23H32IN5O2. The van der Waals surface area contributed by atoms with Crippen molar-refractivity contribution >= 4 is 41.5 Å². The molecule has 1 saturated heterocycles. The number of nitrogens with one attached hydrogen (secondary N) is 1. The van der Waals surface area contributed by atoms with E-state index in [1.165, 1.54) is 16.8 Å². The van der Waals surface area contributed by atoms with Crippen molar-refractivity contribution in [3.05, 3.63) is 59.2 Å². The lowest BCUT2D eigenvalue weighted by Crippen LogP contribution is -2.52. The predicted octanol–water partition coefficient (Wildman–Crippen LogP) is 2.68. The smallest absolute Gasteiger partial charge is 0.255 e. The second-order valence-electron chi connectivity index (χ2n) is 7.50. The number of carbonyl (C=O) groups is 1. The van der Waals surface area contributed by atoms with Crippen LogP contribution in [0.15, 0.2) is 47.5 Å². The standard InChI is InChI=1S/C23H31N5O2.HI/c1-17-6-4-9-21(18(17)2)27-10-12-28(13-11-27)23(25-3)26-15-19-7-5-8-20(14-19)30-16-22(24)29;/h4-9,14H,10-13,15-16H2,1-3H3,(H2,24,29)(H,25,26);1H. The molecule has 168 valence electrons. The number of aryl methyl sites for hydroxylation is 1. The Bertz CT molecular complexity index is 911. The number of piperazine rings is 1. The molecule has 7 nitrogen and oxygen atoms in total. The molecule has 0 aliphatic carbocycles. The fraction of sp³-hybridized carbons (Fsp3) is 0.391. The molecule has 0 unspecified atom stereocenters. The number of benzene rings is 2. The molecule has 3 rings (SSSR count). The van der Waals surface area contributed by atoms with Gasteiger partial charge in [-0.1, -0.05) is 24.3 Å². The Balaban J connectivity index is 0.00000341. The Hall–Kier alpha value is -2.49. The summed E-state index contributed by atoms with van der Waals surface area (Å²) in [5.74, 6) is 1.03. The number of halogens is 1. The Morgan fingerprint density at radius 2 is 1.84 bits per heavy atom. The average molecular weight is 537 g/mol. The van der Waals surface area contributed by atoms with Gasteiger partial charge >= 0.3 is 0 Å². The molecule has 31 heavy (non-hydrogen) atoms. The lowest BCUT2D eigenvalue weighted by atomic mass is 10.1. The molecule has 0 aromatic heterocycles. The number of guanidine groups is 1. The first-order valence-electron chi connectivity index (χ1n) is 10.2. The molecule has 3 N–H and O–H groups in total. The summed E-state index contributed by atoms with van der Waals surface area (Å²) in [6, 6.07) is 14.1. The van der Waals surface area contributed by atoms with Crippen LogP contribution in [0.2, 0.25) is 0 Å². The van der Waals surface area contributed by atoms with E-state index in [2.05, 4.69) is 52.2 Å². The molecule has 0 atom stereocenters. The maximum atomic E-state index is 10.9. The molecule has 1 aliphatic rings. The van der Waals surface area contributed by atoms with Crippen molar-refractivity contribution in [1.82, 2.24) is 10.2 Å². The maximum absolute atomic E-state index is 10.9. The number of rotatable bonds is 6. The summed E-state index contributed by atoms with van der Waals surface area (Å²) in [6.45, 7) is 8.60. The number of carbonyl (C=O) groups excluding carboxylic acids is 1. The minimum atomic E-state index is -0.487. The van der Waals surface area contributed by atoms with Crippen LogP contribution >= 0.6 is 24.0 Å². The topological polar surface area (TPSA) is 83.2 Å². The summed E-state index contributed by atoms with van der Waals surface area (Å²) in [5.41, 5.74) is 10.2. The second-order valence-corrected chi connectivity index (χ2v) is 7.50. The maximum Gasteiger partial charge on any atom is 0.255 e. The lowest BCUT2D eigenvalue weighted by Gasteiger charge is -2.38. The van der Waals surface area contributed by atoms with E-state index >= 15 is 0 Å². The van der Waals surface area contributed by atoms with E-state index in [0.717, 1.165) is 37.7 Å². The van der Waals surface area contributed by atoms with Crippen molar-refractivity contribution in [3.8, 4) is 5.75 Å². The third-order valence-electron chi connectivity index (χ3n) is 5.44. The molecule has 1 heterocycles. The van der Waals surface area contributed by atoms with Crippen LogP contribution in [0.4, 0.5) is 5.69 Å². The fourth-order valence-electron chi connectivity index (χ4n) is 3.65. The Morgan fingerprint density at radius 1 is 1.13 bits per heavy atom. The molecule has 1 amide bonds. The number of amides is 1. The van der Waals surface area contributed by atoms with Crippen molar-refractivity contribution in [1.29, 1.82) is 0 Å². The first-order chi connectivity index (χ1) is 14.5. The quantitative estimate of drug-likeness (QED) is 0.337. The van der Waals surface area contributed by atoms with E-state index in [0.29, 0.717) is 12.3 Å². The first kappa shape index (κ1) is 24.8. The molecule has 8 heteroatoms. The summed E-state index contributed by atoms with van der Waals surface area (Å²) in [7, 11) is 1.81. The van der Waals surface area contributed by atoms with E-state index < -0.39 is 5.91 Å². The third kappa shape index (κ3) is 6.75. The van der Waals surface area contributed by atoms with Gasteiger partial charge < -0.3 is 25.6 Å². The molecule has 1 fully saturated rings. The van der Waals surface area contributed by atoms with Gasteiger partial charge in [0.15, 0.2) is 12.6 Å². The van der Waals surface area contributed by atoms with Gasteiger partial charge in [-0.05, 0) is 48.7 Å². The highest BCUT2D eigenvalue weighted by atomic mass is 127. The second kappa shape index (κ2) is 11.8. The number of nitrogens with two attached hydrogens (primary N) is 1. The van der Waals surface area contributed by atoms with Gasteiger partial charge in [0.25, 0.3) is 5.91 Å². The van der Waals surface area contributed by atoms with Crippen LogP contribution in [0.5, 0.6) is 5.75 Å². The van der Waals surface area contributed by atoms with E-state index in [4.69, 9.17) is 10.5 Å². The summed E-state index contributed by atoms with van der Waals surface area (Å²) >= 11 is 0. The zero-order chi connectivity index (χ0) is 21.5. The molecule has 1 aliphatic heterocycles. The van der Waals surface area contributed by atoms with E-state index in [-0.39, 0.29) is 30.6 Å². The van der Waals surface area contributed by atoms with Gasteiger partial charge in [0.05, 0.1) is 0 Å². The zero-order valence-corrected chi connectivity index (χ0v) is 20.8. The number of primary amides is 1. The highest BCUT2D eigenvalue weighted by molar-refractivity contribution is 14.0. The number of nitrogens with zero attached hydrogens (tertiary/aromatic N) is 3. The number of ether oxygens (including phenoxy) is 1. The van der Waals surface area contributed by atoms with Crippen LogP contribution in [0.25, 0.3) is 0 Å². The van der Waals surface area contributed by atoms with Gasteiger partial charge in [-0.25, -0.2) is 0 Å². The van der Waals surface area contributed by atoms with Gasteiger partial charge in [-0.15, -0.1) is 24.0 Å². The number of hydrogen-bond donors (Lipinski definition) is 2. The molecular weight excluding hydrogens is 505 g/mol. The zero-order valence-electron chi connectivity index (χ0n) is 18.4. The monoisotopic (exact) mass is 537 g/mol. The van der Waals surface area contributed by atoms with Gasteiger partial charge in [-0.3, -0.25) is 9.79 Å². The van der Waals surface area contributed by atoms with Crippen LogP contribution in [-0.2, 0) is 11.3 Å². The molecule has 2 aromatic carbocycles. The minimum absolute atomic E-state index is 0. The molecule has 0 radical (unpaired) electrons. The fourth-order valence-corrected chi connectivity index (χ4v) is 3.65. The van der Waals surface area contributed by atoms with Crippen molar-refractivity contribution in [2.24, 2.45) is 10.7 Å². The number of anilines is 1. The van der Waals surface area contributed by atoms with Gasteiger partial charge in [-0.2, -0.15) is 0 Å². The Labute approximate surface area is 201 Å². The van der Waals surface area contributed by atoms with Crippen LogP contribution in [0.1, 0.15) is 16.7 Å². The van der Waals surface area contributed by atoms with Crippen molar-refractivity contribution in [3.63, 3.8) is 0 Å². The number of hydrogen-bond acceptors (Lipinski definition) is 4. The average Bonchev–Trinajstić information content (AvgIpc) is 2.75. The Morgan fingerprint density at radius 3 is 2.52 bits per heavy atom. The Kier molecular flexibility index (Phi) is 9.42. The van der Waals surface area contributed by atoms with Gasteiger partial charge in [0.1, 0.15) is 5.75 Å². The largest absolute Gasteiger partial charge is 0.484 e. The normalized spacial score (nSPS) is 14.1. The van der Waals surface area contributed by atoms with Crippen molar-refractivity contribution < 1.29 is 9.53 Å². The van der Waals surface area contributed by atoms with Crippen molar-refractivity contribution in [2.75, 3.05) is 44.7 Å². The predicted molar refractivity (Wildman–Crippen MR) is 136 cm³/mol. The SMILES string of the molecule is CN=C(NCc1cccc(OCC(N)=O)c1)N1CCN(c2cccc(C)c2C)CC1.I. The minimum Gasteiger partial charge on any atom is -0.484 e. The summed E-state index contributed by atoms with van der Waals surface area (Å²) in [6.07, 6.45) is 0. The summed E-state index contributed by atoms with van der Waals surface area (Å²) in [5, 5.41) is 3.43. The van der Waals surface area contributed by atoms with Crippen LogP contribution in [0.3, 0.4) is 0 Å². The highest BCUT2D eigenvalue weighted by Crippen LogP contribution is 2.24. The van der Waals surface area contributed by atoms with Crippen LogP contribution < -0.4 is 20.7 Å². The first-order valence-corrected chi connectivity index (χ1v) is 10.2. The van der Waals surface area contributed by atoms with E-state index in [9.17, 15) is 4.79 Å². The molecule has 2 aromatic rings. The van der Waals surface area contributed by atoms with Crippen molar-refractivity contribution in [2.45, 2.75) is 20.4 Å². The highest BCUT2D eigenvalue weighted by Gasteiger charge is 2.21. The van der Waals surface area contributed by atoms with Gasteiger partial charge in [0, 0.05) is 45.5 Å². The lowest BCUT2D eigenvalue weighted by molar-refractivity contribution is -0.119. The molecule has 0 spiro atoms. The molecule has 0 bridgehead atoms. The summed E-state index contributed by atoms with van der Waals surface area (Å²) < 4.78 is 5.38. The van der Waals surface area contributed by atoms with E-state index in [1.54, 1.807) is 0 Å². The van der Waals surface area contributed by atoms with Gasteiger partial charge in [0.2, 0.25) is 0 Å². The third-order valence-corrected chi connectivity index (χ3v) is 5.44. The molecule has 0 saturated carbocycles.